The average Bonchev–Trinajstić information content (AvgIpc) is 2.83. The van der Waals surface area contributed by atoms with Gasteiger partial charge in [-0.2, -0.15) is 0 Å². The molecule has 1 aliphatic rings. The van der Waals surface area contributed by atoms with Crippen LogP contribution in [0.1, 0.15) is 12.0 Å². The molecule has 0 bridgehead atoms. The highest BCUT2D eigenvalue weighted by molar-refractivity contribution is 5.37. The third-order valence-corrected chi connectivity index (χ3v) is 3.04. The second-order valence-corrected chi connectivity index (χ2v) is 4.01. The van der Waals surface area contributed by atoms with Gasteiger partial charge in [-0.05, 0) is 25.1 Å². The van der Waals surface area contributed by atoms with Crippen LogP contribution < -0.4 is 10.1 Å². The van der Waals surface area contributed by atoms with Crippen LogP contribution in [-0.2, 0) is 5.92 Å². The van der Waals surface area contributed by atoms with E-state index in [1.54, 1.807) is 18.2 Å². The van der Waals surface area contributed by atoms with Gasteiger partial charge in [0.15, 0.2) is 0 Å². The largest absolute Gasteiger partial charge is 0.496 e. The van der Waals surface area contributed by atoms with Gasteiger partial charge in [-0.15, -0.1) is 0 Å². The summed E-state index contributed by atoms with van der Waals surface area (Å²) in [5, 5.41) is 2.96. The molecule has 1 unspecified atom stereocenters. The van der Waals surface area contributed by atoms with Crippen LogP contribution in [0.4, 0.5) is 8.78 Å². The summed E-state index contributed by atoms with van der Waals surface area (Å²) in [4.78, 5) is 0. The molecule has 0 radical (unpaired) electrons. The van der Waals surface area contributed by atoms with Gasteiger partial charge in [-0.25, -0.2) is 8.78 Å². The fourth-order valence-electron chi connectivity index (χ4n) is 2.10. The van der Waals surface area contributed by atoms with Crippen molar-refractivity contribution in [1.82, 2.24) is 5.32 Å². The minimum atomic E-state index is -2.82. The van der Waals surface area contributed by atoms with Crippen molar-refractivity contribution in [1.29, 1.82) is 0 Å². The molecule has 1 fully saturated rings. The summed E-state index contributed by atoms with van der Waals surface area (Å²) in [6.45, 7) is 1.03. The second kappa shape index (κ2) is 4.37. The molecule has 1 aliphatic heterocycles. The summed E-state index contributed by atoms with van der Waals surface area (Å²) in [6.07, 6.45) is 0.505. The highest BCUT2D eigenvalue weighted by atomic mass is 19.3. The van der Waals surface area contributed by atoms with Crippen LogP contribution in [0.25, 0.3) is 0 Å². The summed E-state index contributed by atoms with van der Waals surface area (Å²) in [7, 11) is 1.42. The first-order valence-corrected chi connectivity index (χ1v) is 5.38. The molecule has 1 aromatic carbocycles. The summed E-state index contributed by atoms with van der Waals surface area (Å²) in [5.41, 5.74) is -0.00815. The molecule has 1 atom stereocenters. The fourth-order valence-corrected chi connectivity index (χ4v) is 2.10. The van der Waals surface area contributed by atoms with Crippen LogP contribution in [0, 0.1) is 5.92 Å². The van der Waals surface area contributed by atoms with E-state index in [1.165, 1.54) is 13.2 Å². The van der Waals surface area contributed by atoms with E-state index in [-0.39, 0.29) is 11.3 Å². The van der Waals surface area contributed by atoms with Crippen molar-refractivity contribution in [2.24, 2.45) is 5.92 Å². The van der Waals surface area contributed by atoms with Crippen LogP contribution in [0.5, 0.6) is 5.75 Å². The van der Waals surface area contributed by atoms with Crippen molar-refractivity contribution >= 4 is 0 Å². The number of benzene rings is 1. The summed E-state index contributed by atoms with van der Waals surface area (Å²) in [5.74, 6) is -3.20. The third kappa shape index (κ3) is 1.89. The molecule has 1 saturated heterocycles. The Morgan fingerprint density at radius 2 is 2.12 bits per heavy atom. The lowest BCUT2D eigenvalue weighted by Gasteiger charge is -2.24. The molecule has 0 spiro atoms. The zero-order valence-corrected chi connectivity index (χ0v) is 9.17. The molecule has 0 amide bonds. The zero-order chi connectivity index (χ0) is 11.6. The minimum absolute atomic E-state index is 0.00815. The number of nitrogens with one attached hydrogen (secondary N) is 1. The number of halogens is 2. The molecule has 0 aromatic heterocycles. The predicted molar refractivity (Wildman–Crippen MR) is 57.9 cm³/mol. The molecule has 1 heterocycles. The lowest BCUT2D eigenvalue weighted by Crippen LogP contribution is -2.28. The van der Waals surface area contributed by atoms with E-state index in [2.05, 4.69) is 5.32 Å². The number of hydrogen-bond acceptors (Lipinski definition) is 2. The SMILES string of the molecule is COc1ccccc1C(F)(F)C1CCNC1. The Morgan fingerprint density at radius 1 is 1.38 bits per heavy atom. The maximum atomic E-state index is 14.2. The van der Waals surface area contributed by atoms with E-state index >= 15 is 0 Å². The van der Waals surface area contributed by atoms with Crippen LogP contribution in [-0.4, -0.2) is 20.2 Å². The average molecular weight is 227 g/mol. The molecule has 0 aliphatic carbocycles. The number of para-hydroxylation sites is 1. The topological polar surface area (TPSA) is 21.3 Å². The van der Waals surface area contributed by atoms with Crippen molar-refractivity contribution in [2.45, 2.75) is 12.3 Å². The maximum Gasteiger partial charge on any atom is 0.280 e. The second-order valence-electron chi connectivity index (χ2n) is 4.01. The Morgan fingerprint density at radius 3 is 2.75 bits per heavy atom. The summed E-state index contributed by atoms with van der Waals surface area (Å²) in [6, 6.07) is 6.34. The first-order chi connectivity index (χ1) is 7.66. The molecule has 2 nitrogen and oxygen atoms in total. The zero-order valence-electron chi connectivity index (χ0n) is 9.17. The molecule has 1 aromatic rings. The quantitative estimate of drug-likeness (QED) is 0.856. The first kappa shape index (κ1) is 11.3. The van der Waals surface area contributed by atoms with Gasteiger partial charge in [0.2, 0.25) is 0 Å². The number of ether oxygens (including phenoxy) is 1. The molecule has 16 heavy (non-hydrogen) atoms. The number of alkyl halides is 2. The van der Waals surface area contributed by atoms with Crippen molar-refractivity contribution in [2.75, 3.05) is 20.2 Å². The van der Waals surface area contributed by atoms with Gasteiger partial charge in [0.05, 0.1) is 12.7 Å². The van der Waals surface area contributed by atoms with Crippen molar-refractivity contribution in [3.63, 3.8) is 0 Å². The van der Waals surface area contributed by atoms with Crippen molar-refractivity contribution < 1.29 is 13.5 Å². The Balaban J connectivity index is 2.33. The van der Waals surface area contributed by atoms with Gasteiger partial charge < -0.3 is 10.1 Å². The predicted octanol–water partition coefficient (Wildman–Crippen LogP) is 2.40. The van der Waals surface area contributed by atoms with E-state index < -0.39 is 11.8 Å². The highest BCUT2D eigenvalue weighted by Crippen LogP contribution is 2.42. The van der Waals surface area contributed by atoms with E-state index in [0.29, 0.717) is 19.5 Å². The Bertz CT molecular complexity index is 362. The van der Waals surface area contributed by atoms with E-state index in [9.17, 15) is 8.78 Å². The van der Waals surface area contributed by atoms with E-state index in [0.717, 1.165) is 0 Å². The van der Waals surface area contributed by atoms with Gasteiger partial charge in [0.1, 0.15) is 5.75 Å². The Hall–Kier alpha value is -1.16. The highest BCUT2D eigenvalue weighted by Gasteiger charge is 2.44. The lowest BCUT2D eigenvalue weighted by atomic mass is 9.93. The van der Waals surface area contributed by atoms with E-state index in [4.69, 9.17) is 4.74 Å². The molecule has 1 N–H and O–H groups in total. The van der Waals surface area contributed by atoms with Crippen molar-refractivity contribution in [3.05, 3.63) is 29.8 Å². The smallest absolute Gasteiger partial charge is 0.280 e. The molecular formula is C12H15F2NO. The number of methoxy groups -OCH3 is 1. The normalized spacial score (nSPS) is 21.1. The van der Waals surface area contributed by atoms with Crippen LogP contribution in [0.2, 0.25) is 0 Å². The summed E-state index contributed by atoms with van der Waals surface area (Å²) >= 11 is 0. The van der Waals surface area contributed by atoms with Crippen LogP contribution in [0.15, 0.2) is 24.3 Å². The third-order valence-electron chi connectivity index (χ3n) is 3.04. The first-order valence-electron chi connectivity index (χ1n) is 5.38. The minimum Gasteiger partial charge on any atom is -0.496 e. The fraction of sp³-hybridized carbons (Fsp3) is 0.500. The monoisotopic (exact) mass is 227 g/mol. The summed E-state index contributed by atoms with van der Waals surface area (Å²) < 4.78 is 33.4. The lowest BCUT2D eigenvalue weighted by molar-refractivity contribution is -0.0591. The number of hydrogen-bond donors (Lipinski definition) is 1. The standard InChI is InChI=1S/C12H15F2NO/c1-16-11-5-3-2-4-10(11)12(13,14)9-6-7-15-8-9/h2-5,9,15H,6-8H2,1H3. The van der Waals surface area contributed by atoms with Crippen molar-refractivity contribution in [3.8, 4) is 5.75 Å². The Kier molecular flexibility index (Phi) is 3.10. The Labute approximate surface area is 93.6 Å². The van der Waals surface area contributed by atoms with Gasteiger partial charge in [0.25, 0.3) is 5.92 Å². The molecule has 88 valence electrons. The molecule has 4 heteroatoms. The van der Waals surface area contributed by atoms with Gasteiger partial charge in [-0.1, -0.05) is 12.1 Å². The van der Waals surface area contributed by atoms with Gasteiger partial charge >= 0.3 is 0 Å². The molecule has 2 rings (SSSR count). The van der Waals surface area contributed by atoms with Crippen LogP contribution >= 0.6 is 0 Å². The van der Waals surface area contributed by atoms with Crippen LogP contribution in [0.3, 0.4) is 0 Å². The molecule has 0 saturated carbocycles. The van der Waals surface area contributed by atoms with Gasteiger partial charge in [0, 0.05) is 12.5 Å². The van der Waals surface area contributed by atoms with Gasteiger partial charge in [-0.3, -0.25) is 0 Å². The maximum absolute atomic E-state index is 14.2. The number of rotatable bonds is 3. The molecular weight excluding hydrogens is 212 g/mol. The van der Waals surface area contributed by atoms with E-state index in [1.807, 2.05) is 0 Å².